The van der Waals surface area contributed by atoms with Crippen molar-refractivity contribution in [2.24, 2.45) is 7.05 Å². The number of carbonyl (C=O) groups is 5. The minimum absolute atomic E-state index is 0.0715. The molecule has 5 amide bonds. The van der Waals surface area contributed by atoms with Gasteiger partial charge >= 0.3 is 0 Å². The van der Waals surface area contributed by atoms with Crippen LogP contribution in [0.4, 0.5) is 5.69 Å². The van der Waals surface area contributed by atoms with Crippen molar-refractivity contribution < 1.29 is 33.4 Å². The van der Waals surface area contributed by atoms with E-state index in [1.54, 1.807) is 50.9 Å². The molecule has 2 aromatic heterocycles. The monoisotopic (exact) mass is 779 g/mol. The van der Waals surface area contributed by atoms with Crippen molar-refractivity contribution in [3.05, 3.63) is 82.0 Å². The predicted molar refractivity (Wildman–Crippen MR) is 214 cm³/mol. The molecule has 4 aromatic rings. The smallest absolute Gasteiger partial charge is 0.264 e. The summed E-state index contributed by atoms with van der Waals surface area (Å²) >= 11 is 0. The Kier molecular flexibility index (Phi) is 13.0. The average Bonchev–Trinajstić information content (AvgIpc) is 3.45. The number of rotatable bonds is 18. The van der Waals surface area contributed by atoms with Gasteiger partial charge < -0.3 is 29.6 Å². The van der Waals surface area contributed by atoms with Gasteiger partial charge in [-0.05, 0) is 74.6 Å². The molecule has 6 rings (SSSR count). The van der Waals surface area contributed by atoms with Crippen molar-refractivity contribution in [3.8, 4) is 22.6 Å². The van der Waals surface area contributed by atoms with E-state index in [2.05, 4.69) is 20.9 Å². The lowest BCUT2D eigenvalue weighted by Gasteiger charge is -2.27. The van der Waals surface area contributed by atoms with Crippen molar-refractivity contribution in [2.45, 2.75) is 64.0 Å². The van der Waals surface area contributed by atoms with Crippen LogP contribution < -0.4 is 31.0 Å². The number of ether oxygens (including phenoxy) is 2. The minimum Gasteiger partial charge on any atom is -0.496 e. The first-order chi connectivity index (χ1) is 27.5. The summed E-state index contributed by atoms with van der Waals surface area (Å²) in [6.07, 6.45) is 10.8. The van der Waals surface area contributed by atoms with Gasteiger partial charge in [-0.15, -0.1) is 0 Å². The molecular formula is C42H49N7O8. The molecule has 15 nitrogen and oxygen atoms in total. The van der Waals surface area contributed by atoms with Gasteiger partial charge in [-0.1, -0.05) is 31.7 Å². The van der Waals surface area contributed by atoms with Gasteiger partial charge in [0.15, 0.2) is 6.61 Å². The van der Waals surface area contributed by atoms with E-state index in [-0.39, 0.29) is 42.0 Å². The molecule has 4 heterocycles. The largest absolute Gasteiger partial charge is 0.496 e. The first-order valence-electron chi connectivity index (χ1n) is 19.3. The number of piperidine rings is 1. The number of hydrogen-bond acceptors (Lipinski definition) is 11. The fourth-order valence-corrected chi connectivity index (χ4v) is 7.36. The average molecular weight is 780 g/mol. The Morgan fingerprint density at radius 1 is 0.930 bits per heavy atom. The highest BCUT2D eigenvalue weighted by molar-refractivity contribution is 6.25. The van der Waals surface area contributed by atoms with Crippen molar-refractivity contribution in [1.82, 2.24) is 30.0 Å². The number of nitrogens with one attached hydrogen (secondary N) is 3. The molecule has 1 atom stereocenters. The molecule has 1 saturated heterocycles. The third-order valence-corrected chi connectivity index (χ3v) is 10.2. The molecule has 0 bridgehead atoms. The first kappa shape index (κ1) is 40.6. The molecule has 3 N–H and O–H groups in total. The number of unbranched alkanes of at least 4 members (excludes halogenated alkanes) is 5. The lowest BCUT2D eigenvalue weighted by atomic mass is 9.99. The van der Waals surface area contributed by atoms with Crippen LogP contribution in [-0.4, -0.2) is 95.8 Å². The maximum atomic E-state index is 13.3. The lowest BCUT2D eigenvalue weighted by Crippen LogP contribution is -2.54. The predicted octanol–water partition coefficient (Wildman–Crippen LogP) is 4.02. The molecule has 2 aromatic carbocycles. The van der Waals surface area contributed by atoms with E-state index < -0.39 is 29.7 Å². The highest BCUT2D eigenvalue weighted by Crippen LogP contribution is 2.38. The van der Waals surface area contributed by atoms with Crippen LogP contribution in [0.3, 0.4) is 0 Å². The number of methoxy groups -OCH3 is 1. The van der Waals surface area contributed by atoms with Crippen LogP contribution in [-0.2, 0) is 28.0 Å². The molecule has 1 unspecified atom stereocenters. The standard InChI is InChI=1S/C42H49N7O8/c1-47(2)23-31-34(56-4)20-26(30-24-48(3)40(53)29-22-43-19-16-27(29)30)21-35(31)57-25-37(51)45-18-10-8-6-5-7-9-17-44-32-13-11-12-28-38(32)42(55)49(41(28)54)33-14-15-36(50)46-39(33)52/h11-13,16,19-22,24,33,44H,5-10,14-15,17-18,23,25H2,1-4H3,(H,45,51)(H,46,50,52). The normalized spacial score (nSPS) is 15.2. The number of nitrogens with zero attached hydrogens (tertiary/aromatic N) is 4. The fourth-order valence-electron chi connectivity index (χ4n) is 7.36. The van der Waals surface area contributed by atoms with Crippen molar-refractivity contribution >= 4 is 46.0 Å². The van der Waals surface area contributed by atoms with Gasteiger partial charge in [0, 0.05) is 62.9 Å². The Hall–Kier alpha value is -6.09. The summed E-state index contributed by atoms with van der Waals surface area (Å²) in [7, 11) is 7.18. The summed E-state index contributed by atoms with van der Waals surface area (Å²) in [6.45, 7) is 1.49. The van der Waals surface area contributed by atoms with E-state index in [1.165, 1.54) is 4.57 Å². The van der Waals surface area contributed by atoms with Crippen molar-refractivity contribution in [3.63, 3.8) is 0 Å². The number of aromatic nitrogens is 2. The highest BCUT2D eigenvalue weighted by Gasteiger charge is 2.45. The molecule has 1 fully saturated rings. The van der Waals surface area contributed by atoms with E-state index in [0.29, 0.717) is 42.2 Å². The zero-order valence-corrected chi connectivity index (χ0v) is 32.8. The molecule has 0 radical (unpaired) electrons. The lowest BCUT2D eigenvalue weighted by molar-refractivity contribution is -0.136. The van der Waals surface area contributed by atoms with Crippen LogP contribution in [0.25, 0.3) is 21.9 Å². The Bertz CT molecular complexity index is 2250. The maximum absolute atomic E-state index is 13.3. The van der Waals surface area contributed by atoms with Gasteiger partial charge in [0.25, 0.3) is 23.3 Å². The van der Waals surface area contributed by atoms with E-state index in [0.717, 1.165) is 65.5 Å². The molecule has 300 valence electrons. The summed E-state index contributed by atoms with van der Waals surface area (Å²) in [5, 5.41) is 9.72. The number of hydrogen-bond donors (Lipinski definition) is 3. The second-order valence-corrected chi connectivity index (χ2v) is 14.6. The molecule has 2 aliphatic rings. The number of fused-ring (bicyclic) bond motifs is 2. The quantitative estimate of drug-likeness (QED) is 0.0981. The number of pyridine rings is 2. The third kappa shape index (κ3) is 9.15. The second-order valence-electron chi connectivity index (χ2n) is 14.6. The summed E-state index contributed by atoms with van der Waals surface area (Å²) < 4.78 is 13.5. The van der Waals surface area contributed by atoms with Crippen LogP contribution in [0, 0.1) is 0 Å². The SMILES string of the molecule is COc1cc(-c2cn(C)c(=O)c3cnccc23)cc(OCC(=O)NCCCCCCCCNc2cccc3c2C(=O)N(C2CCC(=O)NC2=O)C3=O)c1CN(C)C. The van der Waals surface area contributed by atoms with Gasteiger partial charge in [-0.25, -0.2) is 0 Å². The molecule has 57 heavy (non-hydrogen) atoms. The number of carbonyl (C=O) groups excluding carboxylic acids is 5. The second kappa shape index (κ2) is 18.2. The number of imide groups is 2. The van der Waals surface area contributed by atoms with Gasteiger partial charge in [-0.3, -0.25) is 44.0 Å². The van der Waals surface area contributed by atoms with Crippen LogP contribution >= 0.6 is 0 Å². The zero-order chi connectivity index (χ0) is 40.6. The molecular weight excluding hydrogens is 731 g/mol. The van der Waals surface area contributed by atoms with Gasteiger partial charge in [0.2, 0.25) is 11.8 Å². The van der Waals surface area contributed by atoms with E-state index in [1.807, 2.05) is 37.2 Å². The van der Waals surface area contributed by atoms with Crippen molar-refractivity contribution in [2.75, 3.05) is 46.2 Å². The number of anilines is 1. The molecule has 0 spiro atoms. The Morgan fingerprint density at radius 2 is 1.67 bits per heavy atom. The Morgan fingerprint density at radius 3 is 2.40 bits per heavy atom. The fraction of sp³-hybridized carbons (Fsp3) is 0.405. The van der Waals surface area contributed by atoms with Gasteiger partial charge in [0.05, 0.1) is 29.2 Å². The summed E-state index contributed by atoms with van der Waals surface area (Å²) in [5.74, 6) is -1.20. The van der Waals surface area contributed by atoms with E-state index in [4.69, 9.17) is 9.47 Å². The van der Waals surface area contributed by atoms with Crippen LogP contribution in [0.15, 0.2) is 59.8 Å². The van der Waals surface area contributed by atoms with Gasteiger partial charge in [-0.2, -0.15) is 0 Å². The topological polar surface area (TPSA) is 181 Å². The van der Waals surface area contributed by atoms with E-state index >= 15 is 0 Å². The Balaban J connectivity index is 0.938. The summed E-state index contributed by atoms with van der Waals surface area (Å²) in [5.41, 5.74) is 3.31. The molecule has 0 aliphatic carbocycles. The number of benzene rings is 2. The highest BCUT2D eigenvalue weighted by atomic mass is 16.5. The number of aryl methyl sites for hydroxylation is 1. The minimum atomic E-state index is -1.00. The molecule has 15 heteroatoms. The van der Waals surface area contributed by atoms with Crippen LogP contribution in [0.5, 0.6) is 11.5 Å². The van der Waals surface area contributed by atoms with E-state index in [9.17, 15) is 28.8 Å². The molecule has 2 aliphatic heterocycles. The first-order valence-corrected chi connectivity index (χ1v) is 19.3. The molecule has 0 saturated carbocycles. The summed E-state index contributed by atoms with van der Waals surface area (Å²) in [4.78, 5) is 83.1. The zero-order valence-electron chi connectivity index (χ0n) is 32.8. The number of amides is 5. The van der Waals surface area contributed by atoms with Crippen LogP contribution in [0.2, 0.25) is 0 Å². The van der Waals surface area contributed by atoms with Gasteiger partial charge in [0.1, 0.15) is 17.5 Å². The van der Waals surface area contributed by atoms with Crippen LogP contribution in [0.1, 0.15) is 77.6 Å². The van der Waals surface area contributed by atoms with Crippen molar-refractivity contribution in [1.29, 1.82) is 0 Å². The maximum Gasteiger partial charge on any atom is 0.264 e. The third-order valence-electron chi connectivity index (χ3n) is 10.2. The summed E-state index contributed by atoms with van der Waals surface area (Å²) in [6, 6.07) is 9.66. The Labute approximate surface area is 330 Å².